The third-order valence-corrected chi connectivity index (χ3v) is 6.57. The van der Waals surface area contributed by atoms with E-state index >= 15 is 0 Å². The van der Waals surface area contributed by atoms with Crippen LogP contribution in [0.3, 0.4) is 0 Å². The van der Waals surface area contributed by atoms with Gasteiger partial charge in [0, 0.05) is 64.6 Å². The molecule has 2 heterocycles. The first-order valence-corrected chi connectivity index (χ1v) is 11.7. The SMILES string of the molecule is CN=C(NCCN1CCN(C(=O)C2CCC2)CC1)NC(C)c1cccc(-n2cccn2)c1. The number of nitrogens with zero attached hydrogens (tertiary/aromatic N) is 5. The van der Waals surface area contributed by atoms with Gasteiger partial charge in [0.05, 0.1) is 11.7 Å². The Labute approximate surface area is 190 Å². The molecule has 1 aliphatic carbocycles. The van der Waals surface area contributed by atoms with Gasteiger partial charge in [-0.05, 0) is 43.5 Å². The fourth-order valence-corrected chi connectivity index (χ4v) is 4.28. The zero-order valence-electron chi connectivity index (χ0n) is 19.2. The molecular weight excluding hydrogens is 402 g/mol. The maximum Gasteiger partial charge on any atom is 0.225 e. The molecule has 0 radical (unpaired) electrons. The molecule has 4 rings (SSSR count). The number of hydrogen-bond donors (Lipinski definition) is 2. The molecule has 1 saturated carbocycles. The largest absolute Gasteiger partial charge is 0.355 e. The summed E-state index contributed by atoms with van der Waals surface area (Å²) in [5.41, 5.74) is 2.22. The number of benzene rings is 1. The summed E-state index contributed by atoms with van der Waals surface area (Å²) < 4.78 is 1.86. The van der Waals surface area contributed by atoms with E-state index in [1.54, 1.807) is 13.2 Å². The fourth-order valence-electron chi connectivity index (χ4n) is 4.28. The molecule has 1 unspecified atom stereocenters. The van der Waals surface area contributed by atoms with E-state index in [2.05, 4.69) is 61.7 Å². The molecule has 2 aromatic rings. The first-order valence-electron chi connectivity index (χ1n) is 11.7. The lowest BCUT2D eigenvalue weighted by Gasteiger charge is -2.38. The van der Waals surface area contributed by atoms with Gasteiger partial charge in [0.2, 0.25) is 5.91 Å². The monoisotopic (exact) mass is 437 g/mol. The van der Waals surface area contributed by atoms with Crippen LogP contribution in [0, 0.1) is 5.92 Å². The molecule has 2 aliphatic rings. The number of carbonyl (C=O) groups is 1. The lowest BCUT2D eigenvalue weighted by Crippen LogP contribution is -2.52. The molecular formula is C24H35N7O. The first kappa shape index (κ1) is 22.3. The van der Waals surface area contributed by atoms with E-state index in [4.69, 9.17) is 0 Å². The molecule has 1 atom stereocenters. The van der Waals surface area contributed by atoms with Gasteiger partial charge in [0.15, 0.2) is 5.96 Å². The topological polar surface area (TPSA) is 77.8 Å². The van der Waals surface area contributed by atoms with Crippen LogP contribution in [0.4, 0.5) is 0 Å². The van der Waals surface area contributed by atoms with Crippen molar-refractivity contribution < 1.29 is 4.79 Å². The number of aliphatic imine (C=N–C) groups is 1. The molecule has 1 aliphatic heterocycles. The van der Waals surface area contributed by atoms with Crippen molar-refractivity contribution >= 4 is 11.9 Å². The van der Waals surface area contributed by atoms with Gasteiger partial charge < -0.3 is 15.5 Å². The van der Waals surface area contributed by atoms with Crippen molar-refractivity contribution in [2.24, 2.45) is 10.9 Å². The molecule has 0 spiro atoms. The van der Waals surface area contributed by atoms with Crippen LogP contribution in [-0.4, -0.2) is 77.8 Å². The summed E-state index contributed by atoms with van der Waals surface area (Å²) in [5.74, 6) is 1.48. The first-order chi connectivity index (χ1) is 15.6. The van der Waals surface area contributed by atoms with Gasteiger partial charge in [-0.1, -0.05) is 18.6 Å². The van der Waals surface area contributed by atoms with Crippen molar-refractivity contribution in [3.8, 4) is 5.69 Å². The zero-order valence-corrected chi connectivity index (χ0v) is 19.2. The maximum atomic E-state index is 12.4. The molecule has 32 heavy (non-hydrogen) atoms. The summed E-state index contributed by atoms with van der Waals surface area (Å²) in [7, 11) is 1.80. The van der Waals surface area contributed by atoms with Gasteiger partial charge in [-0.3, -0.25) is 14.7 Å². The number of aromatic nitrogens is 2. The standard InChI is InChI=1S/C24H35N7O/c1-19(21-8-4-9-22(18-21)31-12-5-10-27-31)28-24(25-2)26-11-13-29-14-16-30(17-15-29)23(32)20-6-3-7-20/h4-5,8-10,12,18-20H,3,6-7,11,13-17H2,1-2H3,(H2,25,26,28). The highest BCUT2D eigenvalue weighted by Gasteiger charge is 2.31. The molecule has 1 saturated heterocycles. The van der Waals surface area contributed by atoms with Crippen LogP contribution in [0.15, 0.2) is 47.7 Å². The Bertz CT molecular complexity index is 899. The Morgan fingerprint density at radius 2 is 2.03 bits per heavy atom. The molecule has 1 aromatic heterocycles. The quantitative estimate of drug-likeness (QED) is 0.512. The van der Waals surface area contributed by atoms with Gasteiger partial charge in [-0.15, -0.1) is 0 Å². The Hall–Kier alpha value is -2.87. The lowest BCUT2D eigenvalue weighted by molar-refractivity contribution is -0.139. The minimum Gasteiger partial charge on any atom is -0.355 e. The third kappa shape index (κ3) is 5.48. The number of carbonyl (C=O) groups excluding carboxylic acids is 1. The zero-order chi connectivity index (χ0) is 22.3. The van der Waals surface area contributed by atoms with Crippen molar-refractivity contribution in [1.29, 1.82) is 0 Å². The van der Waals surface area contributed by atoms with Crippen molar-refractivity contribution in [1.82, 2.24) is 30.2 Å². The summed E-state index contributed by atoms with van der Waals surface area (Å²) in [4.78, 5) is 21.3. The van der Waals surface area contributed by atoms with Crippen LogP contribution >= 0.6 is 0 Å². The van der Waals surface area contributed by atoms with Gasteiger partial charge in [0.1, 0.15) is 0 Å². The van der Waals surface area contributed by atoms with Crippen LogP contribution in [-0.2, 0) is 4.79 Å². The summed E-state index contributed by atoms with van der Waals surface area (Å²) in [6.45, 7) is 7.49. The molecule has 1 amide bonds. The second kappa shape index (κ2) is 10.6. The molecule has 2 N–H and O–H groups in total. The van der Waals surface area contributed by atoms with Crippen LogP contribution in [0.1, 0.15) is 37.8 Å². The number of amides is 1. The normalized spacial score (nSPS) is 18.8. The van der Waals surface area contributed by atoms with E-state index in [-0.39, 0.29) is 6.04 Å². The van der Waals surface area contributed by atoms with E-state index in [0.717, 1.165) is 63.8 Å². The van der Waals surface area contributed by atoms with E-state index in [0.29, 0.717) is 11.8 Å². The second-order valence-corrected chi connectivity index (χ2v) is 8.71. The van der Waals surface area contributed by atoms with E-state index in [1.165, 1.54) is 12.0 Å². The molecule has 1 aromatic carbocycles. The Morgan fingerprint density at radius 3 is 2.69 bits per heavy atom. The van der Waals surface area contributed by atoms with Crippen LogP contribution in [0.2, 0.25) is 0 Å². The predicted octanol–water partition coefficient (Wildman–Crippen LogP) is 2.04. The summed E-state index contributed by atoms with van der Waals surface area (Å²) in [6.07, 6.45) is 7.11. The molecule has 0 bridgehead atoms. The fraction of sp³-hybridized carbons (Fsp3) is 0.542. The molecule has 172 valence electrons. The minimum absolute atomic E-state index is 0.109. The van der Waals surface area contributed by atoms with E-state index in [9.17, 15) is 4.79 Å². The van der Waals surface area contributed by atoms with Crippen molar-refractivity contribution in [3.63, 3.8) is 0 Å². The van der Waals surface area contributed by atoms with Gasteiger partial charge in [-0.25, -0.2) is 4.68 Å². The lowest BCUT2D eigenvalue weighted by atomic mass is 9.84. The summed E-state index contributed by atoms with van der Waals surface area (Å²) in [5, 5.41) is 11.2. The average molecular weight is 438 g/mol. The number of rotatable bonds is 7. The molecule has 8 heteroatoms. The van der Waals surface area contributed by atoms with Crippen molar-refractivity contribution in [2.45, 2.75) is 32.2 Å². The highest BCUT2D eigenvalue weighted by molar-refractivity contribution is 5.80. The minimum atomic E-state index is 0.109. The van der Waals surface area contributed by atoms with Gasteiger partial charge >= 0.3 is 0 Å². The van der Waals surface area contributed by atoms with Crippen LogP contribution in [0.5, 0.6) is 0 Å². The predicted molar refractivity (Wildman–Crippen MR) is 127 cm³/mol. The summed E-state index contributed by atoms with van der Waals surface area (Å²) in [6, 6.07) is 10.4. The van der Waals surface area contributed by atoms with E-state index in [1.807, 2.05) is 16.9 Å². The molecule has 8 nitrogen and oxygen atoms in total. The smallest absolute Gasteiger partial charge is 0.225 e. The summed E-state index contributed by atoms with van der Waals surface area (Å²) >= 11 is 0. The Morgan fingerprint density at radius 1 is 1.22 bits per heavy atom. The van der Waals surface area contributed by atoms with Crippen LogP contribution < -0.4 is 10.6 Å². The number of hydrogen-bond acceptors (Lipinski definition) is 4. The van der Waals surface area contributed by atoms with Crippen molar-refractivity contribution in [3.05, 3.63) is 48.3 Å². The Balaban J connectivity index is 1.20. The van der Waals surface area contributed by atoms with E-state index < -0.39 is 0 Å². The molecule has 2 fully saturated rings. The number of nitrogens with one attached hydrogen (secondary N) is 2. The van der Waals surface area contributed by atoms with Gasteiger partial charge in [-0.2, -0.15) is 5.10 Å². The second-order valence-electron chi connectivity index (χ2n) is 8.71. The van der Waals surface area contributed by atoms with Crippen LogP contribution in [0.25, 0.3) is 5.69 Å². The number of piperazine rings is 1. The Kier molecular flexibility index (Phi) is 7.42. The van der Waals surface area contributed by atoms with Crippen molar-refractivity contribution in [2.75, 3.05) is 46.3 Å². The van der Waals surface area contributed by atoms with Gasteiger partial charge in [0.25, 0.3) is 0 Å². The number of guanidine groups is 1. The third-order valence-electron chi connectivity index (χ3n) is 6.57. The average Bonchev–Trinajstić information content (AvgIpc) is 3.33. The highest BCUT2D eigenvalue weighted by atomic mass is 16.2. The maximum absolute atomic E-state index is 12.4. The highest BCUT2D eigenvalue weighted by Crippen LogP contribution is 2.28.